The van der Waals surface area contributed by atoms with Crippen molar-refractivity contribution in [3.8, 4) is 11.3 Å². The first kappa shape index (κ1) is 18.2. The van der Waals surface area contributed by atoms with E-state index in [0.717, 1.165) is 18.8 Å². The zero-order valence-corrected chi connectivity index (χ0v) is 14.1. The van der Waals surface area contributed by atoms with Crippen LogP contribution < -0.4 is 0 Å². The first-order valence-electron chi connectivity index (χ1n) is 7.81. The molecule has 1 aliphatic heterocycles. The highest BCUT2D eigenvalue weighted by atomic mass is 16.4. The third-order valence-corrected chi connectivity index (χ3v) is 3.75. The summed E-state index contributed by atoms with van der Waals surface area (Å²) in [5.74, 6) is -2.51. The van der Waals surface area contributed by atoms with Gasteiger partial charge in [-0.2, -0.15) is 0 Å². The van der Waals surface area contributed by atoms with Gasteiger partial charge in [-0.05, 0) is 31.0 Å². The standard InChI is InChI=1S/C15H16N2.C4H4O4/c1-11-10-14-12(2)16-8-9-17(14)15(11)13-6-4-3-5-7-13;5-3(6)1-2-4(7)8/h3-7,10H,8-9H2,1-2H3;1-2H,(H,5,6)(H,7,8). The second-order valence-corrected chi connectivity index (χ2v) is 5.56. The number of aryl methyl sites for hydroxylation is 1. The van der Waals surface area contributed by atoms with Crippen molar-refractivity contribution in [2.75, 3.05) is 6.54 Å². The average Bonchev–Trinajstić information content (AvgIpc) is 2.92. The summed E-state index contributed by atoms with van der Waals surface area (Å²) in [6, 6.07) is 12.9. The van der Waals surface area contributed by atoms with Gasteiger partial charge in [0.05, 0.1) is 23.6 Å². The fraction of sp³-hybridized carbons (Fsp3) is 0.211. The van der Waals surface area contributed by atoms with E-state index in [-0.39, 0.29) is 0 Å². The molecule has 0 saturated heterocycles. The van der Waals surface area contributed by atoms with E-state index < -0.39 is 11.9 Å². The lowest BCUT2D eigenvalue weighted by Crippen LogP contribution is -2.16. The summed E-state index contributed by atoms with van der Waals surface area (Å²) in [5, 5.41) is 15.6. The van der Waals surface area contributed by atoms with Gasteiger partial charge >= 0.3 is 11.9 Å². The Balaban J connectivity index is 0.000000242. The maximum absolute atomic E-state index is 9.55. The van der Waals surface area contributed by atoms with Gasteiger partial charge in [-0.3, -0.25) is 4.99 Å². The number of nitrogens with zero attached hydrogens (tertiary/aromatic N) is 2. The van der Waals surface area contributed by atoms with Crippen LogP contribution in [0, 0.1) is 6.92 Å². The topological polar surface area (TPSA) is 91.9 Å². The van der Waals surface area contributed by atoms with Gasteiger partial charge in [0.1, 0.15) is 0 Å². The fourth-order valence-electron chi connectivity index (χ4n) is 2.74. The van der Waals surface area contributed by atoms with Crippen molar-refractivity contribution in [3.63, 3.8) is 0 Å². The Labute approximate surface area is 145 Å². The van der Waals surface area contributed by atoms with Crippen molar-refractivity contribution in [2.24, 2.45) is 4.99 Å². The monoisotopic (exact) mass is 340 g/mol. The molecule has 0 unspecified atom stereocenters. The van der Waals surface area contributed by atoms with Gasteiger partial charge in [-0.1, -0.05) is 30.3 Å². The summed E-state index contributed by atoms with van der Waals surface area (Å²) < 4.78 is 2.40. The summed E-state index contributed by atoms with van der Waals surface area (Å²) in [7, 11) is 0. The molecule has 6 heteroatoms. The minimum Gasteiger partial charge on any atom is -0.478 e. The molecule has 3 rings (SSSR count). The molecule has 1 aromatic carbocycles. The Morgan fingerprint density at radius 2 is 1.68 bits per heavy atom. The third-order valence-electron chi connectivity index (χ3n) is 3.75. The SMILES string of the molecule is CC1=NCCn2c1cc(C)c2-c1ccccc1.O=C(O)C=CC(=O)O. The number of hydrogen-bond acceptors (Lipinski definition) is 3. The van der Waals surface area contributed by atoms with Crippen LogP contribution in [0.4, 0.5) is 0 Å². The largest absolute Gasteiger partial charge is 0.478 e. The Bertz CT molecular complexity index is 817. The van der Waals surface area contributed by atoms with Gasteiger partial charge in [0.2, 0.25) is 0 Å². The van der Waals surface area contributed by atoms with Crippen LogP contribution >= 0.6 is 0 Å². The summed E-state index contributed by atoms with van der Waals surface area (Å²) in [5.41, 5.74) is 6.40. The zero-order chi connectivity index (χ0) is 18.4. The second-order valence-electron chi connectivity index (χ2n) is 5.56. The van der Waals surface area contributed by atoms with Gasteiger partial charge in [0.15, 0.2) is 0 Å². The second kappa shape index (κ2) is 8.10. The van der Waals surface area contributed by atoms with E-state index in [1.54, 1.807) is 0 Å². The van der Waals surface area contributed by atoms with E-state index in [4.69, 9.17) is 10.2 Å². The molecule has 6 nitrogen and oxygen atoms in total. The molecule has 0 radical (unpaired) electrons. The molecule has 0 saturated carbocycles. The van der Waals surface area contributed by atoms with Gasteiger partial charge in [0, 0.05) is 18.7 Å². The van der Waals surface area contributed by atoms with E-state index in [0.29, 0.717) is 12.2 Å². The quantitative estimate of drug-likeness (QED) is 0.840. The molecule has 130 valence electrons. The van der Waals surface area contributed by atoms with Crippen LogP contribution in [0.3, 0.4) is 0 Å². The van der Waals surface area contributed by atoms with Crippen LogP contribution in [0.5, 0.6) is 0 Å². The van der Waals surface area contributed by atoms with Crippen molar-refractivity contribution >= 4 is 17.7 Å². The molecular formula is C19H20N2O4. The molecule has 0 aliphatic carbocycles. The maximum atomic E-state index is 9.55. The van der Waals surface area contributed by atoms with Crippen molar-refractivity contribution in [1.82, 2.24) is 4.57 Å². The van der Waals surface area contributed by atoms with E-state index >= 15 is 0 Å². The third kappa shape index (κ3) is 4.67. The molecule has 0 fully saturated rings. The highest BCUT2D eigenvalue weighted by molar-refractivity contribution is 5.99. The molecule has 0 atom stereocenters. The van der Waals surface area contributed by atoms with Gasteiger partial charge < -0.3 is 14.8 Å². The number of benzene rings is 1. The molecule has 2 aromatic rings. The highest BCUT2D eigenvalue weighted by Crippen LogP contribution is 2.28. The number of aromatic nitrogens is 1. The average molecular weight is 340 g/mol. The van der Waals surface area contributed by atoms with Gasteiger partial charge in [0.25, 0.3) is 0 Å². The molecule has 0 spiro atoms. The van der Waals surface area contributed by atoms with Crippen LogP contribution in [0.15, 0.2) is 53.5 Å². The minimum atomic E-state index is -1.26. The molecule has 1 aliphatic rings. The molecule has 25 heavy (non-hydrogen) atoms. The first-order chi connectivity index (χ1) is 11.9. The van der Waals surface area contributed by atoms with Crippen LogP contribution in [-0.4, -0.2) is 39.0 Å². The molecule has 1 aromatic heterocycles. The number of hydrogen-bond donors (Lipinski definition) is 2. The zero-order valence-electron chi connectivity index (χ0n) is 14.1. The Morgan fingerprint density at radius 3 is 2.24 bits per heavy atom. The number of rotatable bonds is 3. The lowest BCUT2D eigenvalue weighted by atomic mass is 10.1. The Hall–Kier alpha value is -3.15. The predicted molar refractivity (Wildman–Crippen MR) is 96.1 cm³/mol. The fourth-order valence-corrected chi connectivity index (χ4v) is 2.74. The number of aliphatic carboxylic acids is 2. The normalized spacial score (nSPS) is 12.8. The Morgan fingerprint density at radius 1 is 1.08 bits per heavy atom. The van der Waals surface area contributed by atoms with Crippen LogP contribution in [0.25, 0.3) is 11.3 Å². The van der Waals surface area contributed by atoms with E-state index in [1.807, 2.05) is 0 Å². The number of carboxylic acids is 2. The van der Waals surface area contributed by atoms with E-state index in [1.165, 1.54) is 22.5 Å². The van der Waals surface area contributed by atoms with Gasteiger partial charge in [-0.15, -0.1) is 0 Å². The predicted octanol–water partition coefficient (Wildman–Crippen LogP) is 3.00. The lowest BCUT2D eigenvalue weighted by Gasteiger charge is -2.17. The molecular weight excluding hydrogens is 320 g/mol. The number of fused-ring (bicyclic) bond motifs is 1. The summed E-state index contributed by atoms with van der Waals surface area (Å²) in [4.78, 5) is 23.6. The maximum Gasteiger partial charge on any atom is 0.328 e. The first-order valence-corrected chi connectivity index (χ1v) is 7.81. The summed E-state index contributed by atoms with van der Waals surface area (Å²) in [6.45, 7) is 6.16. The smallest absolute Gasteiger partial charge is 0.328 e. The summed E-state index contributed by atoms with van der Waals surface area (Å²) in [6.07, 6.45) is 1.12. The van der Waals surface area contributed by atoms with Crippen molar-refractivity contribution in [1.29, 1.82) is 0 Å². The number of carbonyl (C=O) groups is 2. The molecule has 2 N–H and O–H groups in total. The minimum absolute atomic E-state index is 0.558. The molecule has 0 amide bonds. The van der Waals surface area contributed by atoms with E-state index in [9.17, 15) is 9.59 Å². The van der Waals surface area contributed by atoms with Crippen molar-refractivity contribution in [3.05, 3.63) is 59.8 Å². The van der Waals surface area contributed by atoms with Crippen molar-refractivity contribution in [2.45, 2.75) is 20.4 Å². The molecule has 2 heterocycles. The lowest BCUT2D eigenvalue weighted by molar-refractivity contribution is -0.134. The van der Waals surface area contributed by atoms with E-state index in [2.05, 4.69) is 59.8 Å². The van der Waals surface area contributed by atoms with Gasteiger partial charge in [-0.25, -0.2) is 9.59 Å². The Kier molecular flexibility index (Phi) is 5.89. The van der Waals surface area contributed by atoms with Crippen LogP contribution in [-0.2, 0) is 16.1 Å². The summed E-state index contributed by atoms with van der Waals surface area (Å²) >= 11 is 0. The van der Waals surface area contributed by atoms with Crippen LogP contribution in [0.2, 0.25) is 0 Å². The van der Waals surface area contributed by atoms with Crippen molar-refractivity contribution < 1.29 is 19.8 Å². The highest BCUT2D eigenvalue weighted by Gasteiger charge is 2.17. The van der Waals surface area contributed by atoms with Crippen LogP contribution in [0.1, 0.15) is 18.2 Å². The number of aliphatic imine (C=N–C) groups is 1. The molecule has 0 bridgehead atoms. The number of carboxylic acid groups (broad SMARTS) is 2.